The number of hydrogen-bond donors (Lipinski definition) is 1. The van der Waals surface area contributed by atoms with E-state index in [1.54, 1.807) is 43.3 Å². The highest BCUT2D eigenvalue weighted by Gasteiger charge is 2.22. The van der Waals surface area contributed by atoms with E-state index in [4.69, 9.17) is 11.6 Å². The van der Waals surface area contributed by atoms with Crippen LogP contribution in [0, 0.1) is 0 Å². The van der Waals surface area contributed by atoms with Gasteiger partial charge < -0.3 is 0 Å². The summed E-state index contributed by atoms with van der Waals surface area (Å²) in [7, 11) is -3.69. The van der Waals surface area contributed by atoms with Crippen LogP contribution < -0.4 is 4.72 Å². The van der Waals surface area contributed by atoms with Crippen molar-refractivity contribution in [2.75, 3.05) is 0 Å². The highest BCUT2D eigenvalue weighted by Crippen LogP contribution is 2.23. The van der Waals surface area contributed by atoms with Gasteiger partial charge in [-0.2, -0.15) is 8.75 Å². The summed E-state index contributed by atoms with van der Waals surface area (Å²) in [5.41, 5.74) is 1.80. The number of benzene rings is 2. The van der Waals surface area contributed by atoms with E-state index >= 15 is 0 Å². The Morgan fingerprint density at radius 3 is 2.59 bits per heavy atom. The summed E-state index contributed by atoms with van der Waals surface area (Å²) in [6, 6.07) is 11.6. The van der Waals surface area contributed by atoms with Gasteiger partial charge in [-0.3, -0.25) is 0 Å². The van der Waals surface area contributed by atoms with Crippen LogP contribution in [0.2, 0.25) is 5.02 Å². The summed E-state index contributed by atoms with van der Waals surface area (Å²) in [5.74, 6) is 0. The number of nitrogens with one attached hydrogen (secondary N) is 1. The molecule has 0 aliphatic carbocycles. The maximum Gasteiger partial charge on any atom is 0.243 e. The monoisotopic (exact) mass is 353 g/mol. The lowest BCUT2D eigenvalue weighted by Gasteiger charge is -2.15. The molecule has 22 heavy (non-hydrogen) atoms. The number of rotatable bonds is 4. The summed E-state index contributed by atoms with van der Waals surface area (Å²) >= 11 is 6.84. The minimum Gasteiger partial charge on any atom is -0.207 e. The summed E-state index contributed by atoms with van der Waals surface area (Å²) in [5, 5.41) is 0.608. The second-order valence-electron chi connectivity index (χ2n) is 4.78. The van der Waals surface area contributed by atoms with Gasteiger partial charge >= 0.3 is 0 Å². The molecule has 0 aliphatic heterocycles. The zero-order valence-corrected chi connectivity index (χ0v) is 13.9. The first kappa shape index (κ1) is 15.4. The van der Waals surface area contributed by atoms with Crippen LogP contribution in [0.4, 0.5) is 0 Å². The van der Waals surface area contributed by atoms with Gasteiger partial charge in [-0.25, -0.2) is 13.1 Å². The number of nitrogens with zero attached hydrogens (tertiary/aromatic N) is 2. The molecule has 3 rings (SSSR count). The number of halogens is 1. The fraction of sp³-hybridized carbons (Fsp3) is 0.143. The zero-order valence-electron chi connectivity index (χ0n) is 11.5. The van der Waals surface area contributed by atoms with Crippen LogP contribution >= 0.6 is 23.3 Å². The molecule has 1 aromatic heterocycles. The number of sulfonamides is 1. The minimum absolute atomic E-state index is 0.138. The molecule has 1 heterocycles. The van der Waals surface area contributed by atoms with Gasteiger partial charge in [0.05, 0.1) is 11.7 Å². The van der Waals surface area contributed by atoms with Crippen molar-refractivity contribution in [3.63, 3.8) is 0 Å². The average molecular weight is 354 g/mol. The predicted octanol–water partition coefficient (Wildman–Crippen LogP) is 3.38. The Kier molecular flexibility index (Phi) is 4.14. The molecule has 0 radical (unpaired) electrons. The van der Waals surface area contributed by atoms with E-state index in [0.717, 1.165) is 17.3 Å². The van der Waals surface area contributed by atoms with Crippen molar-refractivity contribution in [3.05, 3.63) is 53.1 Å². The highest BCUT2D eigenvalue weighted by atomic mass is 35.5. The van der Waals surface area contributed by atoms with Crippen LogP contribution in [0.1, 0.15) is 18.5 Å². The fourth-order valence-electron chi connectivity index (χ4n) is 2.11. The molecule has 0 spiro atoms. The van der Waals surface area contributed by atoms with Gasteiger partial charge in [-0.15, -0.1) is 0 Å². The van der Waals surface area contributed by atoms with Crippen LogP contribution in [0.25, 0.3) is 11.0 Å². The van der Waals surface area contributed by atoms with Crippen molar-refractivity contribution in [3.8, 4) is 0 Å². The lowest BCUT2D eigenvalue weighted by atomic mass is 10.1. The summed E-state index contributed by atoms with van der Waals surface area (Å²) < 4.78 is 36.0. The predicted molar refractivity (Wildman–Crippen MR) is 87.6 cm³/mol. The summed E-state index contributed by atoms with van der Waals surface area (Å²) in [6.07, 6.45) is 0. The fourth-order valence-corrected chi connectivity index (χ4v) is 4.24. The number of aromatic nitrogens is 2. The normalized spacial score (nSPS) is 13.4. The minimum atomic E-state index is -3.69. The Morgan fingerprint density at radius 1 is 1.14 bits per heavy atom. The Balaban J connectivity index is 1.93. The van der Waals surface area contributed by atoms with Gasteiger partial charge in [0.1, 0.15) is 15.9 Å². The Hall–Kier alpha value is -1.54. The van der Waals surface area contributed by atoms with Gasteiger partial charge in [0.25, 0.3) is 0 Å². The van der Waals surface area contributed by atoms with Crippen LogP contribution in [-0.4, -0.2) is 17.2 Å². The van der Waals surface area contributed by atoms with Crippen molar-refractivity contribution in [1.82, 2.24) is 13.5 Å². The topological polar surface area (TPSA) is 72.0 Å². The van der Waals surface area contributed by atoms with E-state index < -0.39 is 10.0 Å². The molecule has 2 aromatic carbocycles. The number of fused-ring (bicyclic) bond motifs is 1. The van der Waals surface area contributed by atoms with Crippen LogP contribution in [0.15, 0.2) is 47.4 Å². The molecule has 0 amide bonds. The van der Waals surface area contributed by atoms with E-state index in [9.17, 15) is 8.42 Å². The van der Waals surface area contributed by atoms with Gasteiger partial charge in [-0.05, 0) is 36.8 Å². The second-order valence-corrected chi connectivity index (χ2v) is 7.43. The smallest absolute Gasteiger partial charge is 0.207 e. The summed E-state index contributed by atoms with van der Waals surface area (Å²) in [6.45, 7) is 1.78. The number of hydrogen-bond acceptors (Lipinski definition) is 5. The molecule has 1 unspecified atom stereocenters. The third-order valence-corrected chi connectivity index (χ3v) is 5.61. The first-order valence-corrected chi connectivity index (χ1v) is 9.05. The molecule has 0 fully saturated rings. The van der Waals surface area contributed by atoms with E-state index in [2.05, 4.69) is 13.5 Å². The van der Waals surface area contributed by atoms with E-state index in [-0.39, 0.29) is 10.9 Å². The van der Waals surface area contributed by atoms with E-state index in [1.165, 1.54) is 6.07 Å². The molecule has 1 atom stereocenters. The van der Waals surface area contributed by atoms with Gasteiger partial charge in [0.15, 0.2) is 0 Å². The summed E-state index contributed by atoms with van der Waals surface area (Å²) in [4.78, 5) is 0.138. The van der Waals surface area contributed by atoms with Crippen molar-refractivity contribution in [1.29, 1.82) is 0 Å². The largest absolute Gasteiger partial charge is 0.243 e. The molecule has 0 aliphatic rings. The molecule has 1 N–H and O–H groups in total. The Labute approximate surface area is 137 Å². The molecule has 8 heteroatoms. The van der Waals surface area contributed by atoms with Gasteiger partial charge in [-0.1, -0.05) is 29.8 Å². The van der Waals surface area contributed by atoms with Crippen LogP contribution in [0.5, 0.6) is 0 Å². The Bertz CT molecular complexity index is 907. The standard InChI is InChI=1S/C14H12ClN3O2S2/c1-9(10-5-7-11(15)8-6-10)18-22(19,20)13-4-2-3-12-14(13)17-21-16-12/h2-9,18H,1H3. The molecule has 114 valence electrons. The molecular formula is C14H12ClN3O2S2. The van der Waals surface area contributed by atoms with E-state index in [1.807, 2.05) is 0 Å². The van der Waals surface area contributed by atoms with Gasteiger partial charge in [0.2, 0.25) is 10.0 Å². The Morgan fingerprint density at radius 2 is 1.86 bits per heavy atom. The van der Waals surface area contributed by atoms with Crippen molar-refractivity contribution in [2.24, 2.45) is 0 Å². The maximum atomic E-state index is 12.6. The molecular weight excluding hydrogens is 342 g/mol. The third-order valence-electron chi connectivity index (χ3n) is 3.24. The highest BCUT2D eigenvalue weighted by molar-refractivity contribution is 7.89. The van der Waals surface area contributed by atoms with Gasteiger partial charge in [0, 0.05) is 11.1 Å². The average Bonchev–Trinajstić information content (AvgIpc) is 2.95. The van der Waals surface area contributed by atoms with Crippen LogP contribution in [-0.2, 0) is 10.0 Å². The van der Waals surface area contributed by atoms with Crippen molar-refractivity contribution >= 4 is 44.4 Å². The first-order chi connectivity index (χ1) is 10.5. The lowest BCUT2D eigenvalue weighted by molar-refractivity contribution is 0.567. The second kappa shape index (κ2) is 5.92. The molecule has 5 nitrogen and oxygen atoms in total. The molecule has 0 saturated carbocycles. The SMILES string of the molecule is CC(NS(=O)(=O)c1cccc2nsnc12)c1ccc(Cl)cc1. The first-order valence-electron chi connectivity index (χ1n) is 6.46. The molecule has 3 aromatic rings. The molecule has 0 saturated heterocycles. The van der Waals surface area contributed by atoms with Crippen molar-refractivity contribution in [2.45, 2.75) is 17.9 Å². The van der Waals surface area contributed by atoms with E-state index in [0.29, 0.717) is 16.1 Å². The quantitative estimate of drug-likeness (QED) is 0.780. The third kappa shape index (κ3) is 2.98. The van der Waals surface area contributed by atoms with Crippen LogP contribution in [0.3, 0.4) is 0 Å². The maximum absolute atomic E-state index is 12.6. The molecule has 0 bridgehead atoms. The lowest BCUT2D eigenvalue weighted by Crippen LogP contribution is -2.27. The zero-order chi connectivity index (χ0) is 15.7. The van der Waals surface area contributed by atoms with Crippen molar-refractivity contribution < 1.29 is 8.42 Å².